The maximum absolute atomic E-state index is 10.7. The molecule has 0 fully saturated rings. The number of furan rings is 1. The molecule has 0 atom stereocenters. The van der Waals surface area contributed by atoms with E-state index in [4.69, 9.17) is 4.42 Å². The quantitative estimate of drug-likeness (QED) is 0.641. The predicted molar refractivity (Wildman–Crippen MR) is 41.5 cm³/mol. The average Bonchev–Trinajstić information content (AvgIpc) is 2.35. The first kappa shape index (κ1) is 7.65. The van der Waals surface area contributed by atoms with Crippen LogP contribution in [-0.2, 0) is 0 Å². The summed E-state index contributed by atoms with van der Waals surface area (Å²) in [7, 11) is 1.55. The number of hydrogen-bond donors (Lipinski definition) is 2. The van der Waals surface area contributed by atoms with Crippen LogP contribution in [0, 0.1) is 6.92 Å². The van der Waals surface area contributed by atoms with Gasteiger partial charge in [-0.05, 0) is 13.0 Å². The van der Waals surface area contributed by atoms with Gasteiger partial charge in [-0.3, -0.25) is 5.32 Å². The zero-order chi connectivity index (χ0) is 8.27. The van der Waals surface area contributed by atoms with Gasteiger partial charge < -0.3 is 9.73 Å². The molecule has 1 aromatic rings. The van der Waals surface area contributed by atoms with Crippen LogP contribution in [0.15, 0.2) is 16.5 Å². The number of aryl methyl sites for hydroxylation is 1. The Bertz CT molecular complexity index is 255. The summed E-state index contributed by atoms with van der Waals surface area (Å²) in [5, 5.41) is 4.91. The fourth-order valence-corrected chi connectivity index (χ4v) is 0.676. The second kappa shape index (κ2) is 3.09. The Hall–Kier alpha value is -1.45. The number of rotatable bonds is 1. The fraction of sp³-hybridized carbons (Fsp3) is 0.286. The molecule has 0 aliphatic carbocycles. The number of urea groups is 1. The van der Waals surface area contributed by atoms with Crippen LogP contribution in [0.5, 0.6) is 0 Å². The normalized spacial score (nSPS) is 9.27. The van der Waals surface area contributed by atoms with Crippen molar-refractivity contribution >= 4 is 11.9 Å². The van der Waals surface area contributed by atoms with E-state index in [0.717, 1.165) is 5.76 Å². The smallest absolute Gasteiger partial charge is 0.321 e. The Balaban J connectivity index is 2.57. The topological polar surface area (TPSA) is 54.3 Å². The van der Waals surface area contributed by atoms with Gasteiger partial charge in [0.1, 0.15) is 5.76 Å². The SMILES string of the molecule is CNC(=O)Nc1ccc(C)o1. The zero-order valence-corrected chi connectivity index (χ0v) is 6.47. The van der Waals surface area contributed by atoms with Gasteiger partial charge in [-0.1, -0.05) is 0 Å². The molecule has 0 spiro atoms. The lowest BCUT2D eigenvalue weighted by molar-refractivity contribution is 0.253. The van der Waals surface area contributed by atoms with E-state index in [1.165, 1.54) is 0 Å². The molecule has 0 aromatic carbocycles. The predicted octanol–water partition coefficient (Wildman–Crippen LogP) is 1.34. The maximum Gasteiger partial charge on any atom is 0.321 e. The first-order valence-corrected chi connectivity index (χ1v) is 3.27. The van der Waals surface area contributed by atoms with Crippen molar-refractivity contribution in [2.24, 2.45) is 0 Å². The van der Waals surface area contributed by atoms with Crippen molar-refractivity contribution in [3.8, 4) is 0 Å². The molecule has 0 aliphatic heterocycles. The van der Waals surface area contributed by atoms with Gasteiger partial charge in [0.05, 0.1) is 0 Å². The summed E-state index contributed by atoms with van der Waals surface area (Å²) in [4.78, 5) is 10.7. The molecule has 2 N–H and O–H groups in total. The highest BCUT2D eigenvalue weighted by atomic mass is 16.4. The highest BCUT2D eigenvalue weighted by Crippen LogP contribution is 2.10. The van der Waals surface area contributed by atoms with E-state index in [1.807, 2.05) is 6.92 Å². The lowest BCUT2D eigenvalue weighted by Gasteiger charge is -1.98. The molecule has 0 aliphatic rings. The van der Waals surface area contributed by atoms with Crippen molar-refractivity contribution < 1.29 is 9.21 Å². The van der Waals surface area contributed by atoms with E-state index in [1.54, 1.807) is 19.2 Å². The molecular formula is C7H10N2O2. The molecule has 60 valence electrons. The van der Waals surface area contributed by atoms with Gasteiger partial charge in [0.2, 0.25) is 5.88 Å². The molecule has 0 saturated heterocycles. The van der Waals surface area contributed by atoms with Crippen molar-refractivity contribution in [1.29, 1.82) is 0 Å². The molecule has 4 heteroatoms. The Morgan fingerprint density at radius 1 is 1.55 bits per heavy atom. The standard InChI is InChI=1S/C7H10N2O2/c1-5-3-4-6(11-5)9-7(10)8-2/h3-4H,1-2H3,(H2,8,9,10). The second-order valence-corrected chi connectivity index (χ2v) is 2.11. The largest absolute Gasteiger partial charge is 0.446 e. The number of amides is 2. The number of hydrogen-bond acceptors (Lipinski definition) is 2. The molecule has 1 aromatic heterocycles. The van der Waals surface area contributed by atoms with Gasteiger partial charge >= 0.3 is 6.03 Å². The summed E-state index contributed by atoms with van der Waals surface area (Å²) in [6.45, 7) is 1.81. The van der Waals surface area contributed by atoms with E-state index in [9.17, 15) is 4.79 Å². The van der Waals surface area contributed by atoms with Gasteiger partial charge in [-0.15, -0.1) is 0 Å². The molecular weight excluding hydrogens is 144 g/mol. The second-order valence-electron chi connectivity index (χ2n) is 2.11. The fourth-order valence-electron chi connectivity index (χ4n) is 0.676. The minimum absolute atomic E-state index is 0.278. The summed E-state index contributed by atoms with van der Waals surface area (Å²) in [6, 6.07) is 3.20. The Kier molecular flexibility index (Phi) is 2.15. The minimum atomic E-state index is -0.278. The molecule has 4 nitrogen and oxygen atoms in total. The van der Waals surface area contributed by atoms with Crippen LogP contribution >= 0.6 is 0 Å². The Morgan fingerprint density at radius 3 is 2.73 bits per heavy atom. The van der Waals surface area contributed by atoms with E-state index in [2.05, 4.69) is 10.6 Å². The summed E-state index contributed by atoms with van der Waals surface area (Å²) in [5.41, 5.74) is 0. The molecule has 0 bridgehead atoms. The summed E-state index contributed by atoms with van der Waals surface area (Å²) >= 11 is 0. The van der Waals surface area contributed by atoms with Gasteiger partial charge in [0, 0.05) is 13.1 Å². The lowest BCUT2D eigenvalue weighted by Crippen LogP contribution is -2.24. The Labute approximate surface area is 64.6 Å². The van der Waals surface area contributed by atoms with Gasteiger partial charge in [-0.25, -0.2) is 4.79 Å². The van der Waals surface area contributed by atoms with Crippen LogP contribution in [0.1, 0.15) is 5.76 Å². The third-order valence-corrected chi connectivity index (χ3v) is 1.20. The molecule has 1 rings (SSSR count). The van der Waals surface area contributed by atoms with Crippen LogP contribution in [0.25, 0.3) is 0 Å². The van der Waals surface area contributed by atoms with E-state index in [0.29, 0.717) is 5.88 Å². The summed E-state index contributed by atoms with van der Waals surface area (Å²) in [5.74, 6) is 1.23. The van der Waals surface area contributed by atoms with Crippen LogP contribution < -0.4 is 10.6 Å². The van der Waals surface area contributed by atoms with E-state index >= 15 is 0 Å². The molecule has 2 amide bonds. The van der Waals surface area contributed by atoms with Gasteiger partial charge in [-0.2, -0.15) is 0 Å². The maximum atomic E-state index is 10.7. The average molecular weight is 154 g/mol. The highest BCUT2D eigenvalue weighted by molar-refractivity contribution is 5.87. The third kappa shape index (κ3) is 2.00. The third-order valence-electron chi connectivity index (χ3n) is 1.20. The van der Waals surface area contributed by atoms with Crippen molar-refractivity contribution in [3.05, 3.63) is 17.9 Å². The summed E-state index contributed by atoms with van der Waals surface area (Å²) < 4.78 is 5.08. The van der Waals surface area contributed by atoms with Gasteiger partial charge in [0.15, 0.2) is 0 Å². The summed E-state index contributed by atoms with van der Waals surface area (Å²) in [6.07, 6.45) is 0. The van der Waals surface area contributed by atoms with Gasteiger partial charge in [0.25, 0.3) is 0 Å². The van der Waals surface area contributed by atoms with E-state index < -0.39 is 0 Å². The van der Waals surface area contributed by atoms with Crippen LogP contribution in [0.2, 0.25) is 0 Å². The van der Waals surface area contributed by atoms with Crippen molar-refractivity contribution in [2.75, 3.05) is 12.4 Å². The minimum Gasteiger partial charge on any atom is -0.446 e. The number of carbonyl (C=O) groups is 1. The molecule has 0 radical (unpaired) electrons. The van der Waals surface area contributed by atoms with Crippen molar-refractivity contribution in [3.63, 3.8) is 0 Å². The van der Waals surface area contributed by atoms with E-state index in [-0.39, 0.29) is 6.03 Å². The molecule has 0 saturated carbocycles. The highest BCUT2D eigenvalue weighted by Gasteiger charge is 2.00. The molecule has 0 unspecified atom stereocenters. The van der Waals surface area contributed by atoms with Crippen LogP contribution in [0.4, 0.5) is 10.7 Å². The van der Waals surface area contributed by atoms with Crippen LogP contribution in [0.3, 0.4) is 0 Å². The lowest BCUT2D eigenvalue weighted by atomic mass is 10.5. The Morgan fingerprint density at radius 2 is 2.27 bits per heavy atom. The van der Waals surface area contributed by atoms with Crippen molar-refractivity contribution in [1.82, 2.24) is 5.32 Å². The zero-order valence-electron chi connectivity index (χ0n) is 6.47. The first-order chi connectivity index (χ1) is 5.22. The monoisotopic (exact) mass is 154 g/mol. The first-order valence-electron chi connectivity index (χ1n) is 3.27. The van der Waals surface area contributed by atoms with Crippen LogP contribution in [-0.4, -0.2) is 13.1 Å². The number of nitrogens with one attached hydrogen (secondary N) is 2. The number of anilines is 1. The molecule has 1 heterocycles. The number of carbonyl (C=O) groups excluding carboxylic acids is 1. The van der Waals surface area contributed by atoms with Crippen molar-refractivity contribution in [2.45, 2.75) is 6.92 Å². The molecule has 11 heavy (non-hydrogen) atoms.